The summed E-state index contributed by atoms with van der Waals surface area (Å²) in [6.07, 6.45) is 0. The highest BCUT2D eigenvalue weighted by Gasteiger charge is 2.18. The first-order valence-electron chi connectivity index (χ1n) is 7.72. The fourth-order valence-corrected chi connectivity index (χ4v) is 3.94. The van der Waals surface area contributed by atoms with E-state index in [0.29, 0.717) is 27.8 Å². The molecule has 0 saturated heterocycles. The van der Waals surface area contributed by atoms with Gasteiger partial charge in [-0.3, -0.25) is 9.52 Å². The minimum atomic E-state index is -3.85. The van der Waals surface area contributed by atoms with Crippen LogP contribution in [0, 0.1) is 18.3 Å². The van der Waals surface area contributed by atoms with Crippen molar-refractivity contribution in [3.05, 3.63) is 59.3 Å². The molecular formula is C18H16N4O3S. The molecule has 0 fully saturated rings. The Hall–Kier alpha value is -3.31. The number of sulfonamides is 1. The van der Waals surface area contributed by atoms with Gasteiger partial charge in [0.1, 0.15) is 5.69 Å². The highest BCUT2D eigenvalue weighted by Crippen LogP contribution is 2.24. The number of nitrogens with one attached hydrogen (secondary N) is 3. The normalized spacial score (nSPS) is 11.1. The average molecular weight is 368 g/mol. The van der Waals surface area contributed by atoms with Crippen molar-refractivity contribution in [3.63, 3.8) is 0 Å². The molecule has 1 amide bonds. The molecule has 8 heteroatoms. The van der Waals surface area contributed by atoms with Crippen molar-refractivity contribution in [2.75, 3.05) is 11.8 Å². The van der Waals surface area contributed by atoms with Crippen LogP contribution in [0.1, 0.15) is 21.6 Å². The van der Waals surface area contributed by atoms with Crippen LogP contribution in [-0.4, -0.2) is 26.4 Å². The van der Waals surface area contributed by atoms with E-state index in [0.717, 1.165) is 0 Å². The van der Waals surface area contributed by atoms with Crippen LogP contribution in [-0.2, 0) is 10.0 Å². The zero-order valence-corrected chi connectivity index (χ0v) is 14.9. The van der Waals surface area contributed by atoms with Gasteiger partial charge in [-0.2, -0.15) is 5.26 Å². The van der Waals surface area contributed by atoms with Crippen LogP contribution in [0.4, 0.5) is 5.69 Å². The summed E-state index contributed by atoms with van der Waals surface area (Å²) in [6.45, 7) is 1.67. The number of rotatable bonds is 4. The number of benzene rings is 2. The van der Waals surface area contributed by atoms with Gasteiger partial charge in [-0.25, -0.2) is 8.42 Å². The Bertz CT molecular complexity index is 1160. The Morgan fingerprint density at radius 1 is 1.15 bits per heavy atom. The van der Waals surface area contributed by atoms with E-state index in [1.807, 2.05) is 6.07 Å². The van der Waals surface area contributed by atoms with Crippen molar-refractivity contribution < 1.29 is 13.2 Å². The number of nitrogens with zero attached hydrogens (tertiary/aromatic N) is 1. The van der Waals surface area contributed by atoms with Crippen molar-refractivity contribution in [1.29, 1.82) is 5.26 Å². The Kier molecular flexibility index (Phi) is 4.40. The number of aromatic amines is 1. The third kappa shape index (κ3) is 3.25. The second kappa shape index (κ2) is 6.54. The molecule has 0 spiro atoms. The van der Waals surface area contributed by atoms with E-state index in [9.17, 15) is 13.2 Å². The van der Waals surface area contributed by atoms with E-state index in [1.54, 1.807) is 43.3 Å². The van der Waals surface area contributed by atoms with Gasteiger partial charge >= 0.3 is 0 Å². The summed E-state index contributed by atoms with van der Waals surface area (Å²) in [6, 6.07) is 13.0. The van der Waals surface area contributed by atoms with Gasteiger partial charge in [0.2, 0.25) is 0 Å². The van der Waals surface area contributed by atoms with Crippen LogP contribution < -0.4 is 10.0 Å². The van der Waals surface area contributed by atoms with Gasteiger partial charge in [-0.05, 0) is 48.9 Å². The average Bonchev–Trinajstić information content (AvgIpc) is 3.04. The summed E-state index contributed by atoms with van der Waals surface area (Å²) in [5.74, 6) is -0.257. The van der Waals surface area contributed by atoms with Gasteiger partial charge in [0.05, 0.1) is 16.5 Å². The number of carbonyl (C=O) groups excluding carboxylic acids is 1. The van der Waals surface area contributed by atoms with Gasteiger partial charge in [0.15, 0.2) is 0 Å². The molecule has 0 aliphatic carbocycles. The van der Waals surface area contributed by atoms with E-state index in [-0.39, 0.29) is 16.4 Å². The lowest BCUT2D eigenvalue weighted by atomic mass is 10.2. The minimum Gasteiger partial charge on any atom is -0.354 e. The summed E-state index contributed by atoms with van der Waals surface area (Å²) in [4.78, 5) is 14.7. The Morgan fingerprint density at radius 2 is 1.92 bits per heavy atom. The lowest BCUT2D eigenvalue weighted by Gasteiger charge is -2.11. The number of fused-ring (bicyclic) bond motifs is 1. The summed E-state index contributed by atoms with van der Waals surface area (Å²) >= 11 is 0. The molecule has 3 aromatic rings. The fourth-order valence-electron chi connectivity index (χ4n) is 2.62. The van der Waals surface area contributed by atoms with E-state index >= 15 is 0 Å². The number of nitriles is 1. The number of anilines is 1. The molecule has 0 aliphatic heterocycles. The Balaban J connectivity index is 1.97. The maximum Gasteiger partial charge on any atom is 0.267 e. The SMILES string of the molecule is CNC(=O)c1cc2cc(NS(=O)(=O)c3cc(C#N)ccc3C)ccc2[nH]1. The first-order valence-corrected chi connectivity index (χ1v) is 9.21. The van der Waals surface area contributed by atoms with Crippen molar-refractivity contribution in [1.82, 2.24) is 10.3 Å². The first kappa shape index (κ1) is 17.5. The van der Waals surface area contributed by atoms with Crippen LogP contribution in [0.3, 0.4) is 0 Å². The van der Waals surface area contributed by atoms with Crippen LogP contribution >= 0.6 is 0 Å². The summed E-state index contributed by atoms with van der Waals surface area (Å²) in [5.41, 5.74) is 2.28. The van der Waals surface area contributed by atoms with Crippen molar-refractivity contribution >= 4 is 32.5 Å². The molecule has 0 unspecified atom stereocenters. The van der Waals surface area contributed by atoms with Gasteiger partial charge in [-0.15, -0.1) is 0 Å². The molecule has 0 aliphatic rings. The fraction of sp³-hybridized carbons (Fsp3) is 0.111. The molecular weight excluding hydrogens is 352 g/mol. The van der Waals surface area contributed by atoms with E-state index in [4.69, 9.17) is 5.26 Å². The van der Waals surface area contributed by atoms with E-state index < -0.39 is 10.0 Å². The molecule has 3 rings (SSSR count). The zero-order chi connectivity index (χ0) is 18.9. The van der Waals surface area contributed by atoms with Gasteiger partial charge < -0.3 is 10.3 Å². The number of aromatic nitrogens is 1. The lowest BCUT2D eigenvalue weighted by molar-refractivity contribution is 0.0959. The van der Waals surface area contributed by atoms with Gasteiger partial charge in [-0.1, -0.05) is 6.07 Å². The molecule has 3 N–H and O–H groups in total. The minimum absolute atomic E-state index is 0.0526. The van der Waals surface area contributed by atoms with Crippen LogP contribution in [0.2, 0.25) is 0 Å². The number of hydrogen-bond acceptors (Lipinski definition) is 4. The number of carbonyl (C=O) groups is 1. The maximum atomic E-state index is 12.7. The second-order valence-corrected chi connectivity index (χ2v) is 7.41. The van der Waals surface area contributed by atoms with E-state index in [2.05, 4.69) is 15.0 Å². The summed E-state index contributed by atoms with van der Waals surface area (Å²) in [7, 11) is -2.32. The topological polar surface area (TPSA) is 115 Å². The smallest absolute Gasteiger partial charge is 0.267 e. The largest absolute Gasteiger partial charge is 0.354 e. The highest BCUT2D eigenvalue weighted by atomic mass is 32.2. The van der Waals surface area contributed by atoms with Crippen molar-refractivity contribution in [2.24, 2.45) is 0 Å². The summed E-state index contributed by atoms with van der Waals surface area (Å²) < 4.78 is 27.9. The highest BCUT2D eigenvalue weighted by molar-refractivity contribution is 7.92. The molecule has 0 bridgehead atoms. The molecule has 7 nitrogen and oxygen atoms in total. The monoisotopic (exact) mass is 368 g/mol. The molecule has 0 saturated carbocycles. The molecule has 1 aromatic heterocycles. The zero-order valence-electron chi connectivity index (χ0n) is 14.1. The quantitative estimate of drug-likeness (QED) is 0.656. The predicted molar refractivity (Wildman–Crippen MR) is 98.4 cm³/mol. The molecule has 26 heavy (non-hydrogen) atoms. The maximum absolute atomic E-state index is 12.7. The number of amides is 1. The van der Waals surface area contributed by atoms with Crippen LogP contribution in [0.5, 0.6) is 0 Å². The summed E-state index contributed by atoms with van der Waals surface area (Å²) in [5, 5.41) is 12.2. The van der Waals surface area contributed by atoms with Crippen molar-refractivity contribution in [3.8, 4) is 6.07 Å². The van der Waals surface area contributed by atoms with Gasteiger partial charge in [0.25, 0.3) is 15.9 Å². The molecule has 2 aromatic carbocycles. The van der Waals surface area contributed by atoms with Crippen LogP contribution in [0.25, 0.3) is 10.9 Å². The number of aryl methyl sites for hydroxylation is 1. The Labute approximate surface area is 150 Å². The van der Waals surface area contributed by atoms with E-state index in [1.165, 1.54) is 13.1 Å². The predicted octanol–water partition coefficient (Wildman–Crippen LogP) is 2.51. The molecule has 0 atom stereocenters. The third-order valence-electron chi connectivity index (χ3n) is 3.95. The van der Waals surface area contributed by atoms with Crippen LogP contribution in [0.15, 0.2) is 47.4 Å². The second-order valence-electron chi connectivity index (χ2n) is 5.76. The molecule has 1 heterocycles. The standard InChI is InChI=1S/C18H16N4O3S/c1-11-3-4-12(10-19)7-17(11)26(24,25)22-14-5-6-15-13(8-14)9-16(21-15)18(23)20-2/h3-9,21-22H,1-2H3,(H,20,23). The van der Waals surface area contributed by atoms with Crippen molar-refractivity contribution in [2.45, 2.75) is 11.8 Å². The third-order valence-corrected chi connectivity index (χ3v) is 5.47. The molecule has 0 radical (unpaired) electrons. The lowest BCUT2D eigenvalue weighted by Crippen LogP contribution is -2.17. The number of H-pyrrole nitrogens is 1. The van der Waals surface area contributed by atoms with Gasteiger partial charge in [0, 0.05) is 23.6 Å². The number of hydrogen-bond donors (Lipinski definition) is 3. The molecule has 132 valence electrons. The Morgan fingerprint density at radius 3 is 2.62 bits per heavy atom. The first-order chi connectivity index (χ1) is 12.3.